The van der Waals surface area contributed by atoms with Crippen LogP contribution in [-0.2, 0) is 14.3 Å². The Kier molecular flexibility index (Phi) is 7.04. The summed E-state index contributed by atoms with van der Waals surface area (Å²) < 4.78 is 12.0. The first-order valence-corrected chi connectivity index (χ1v) is 10.1. The Morgan fingerprint density at radius 1 is 0.938 bits per heavy atom. The number of carbonyl (C=O) groups is 3. The maximum Gasteiger partial charge on any atom is 0.338 e. The largest absolute Gasteiger partial charge is 0.459 e. The molecule has 1 heterocycles. The lowest BCUT2D eigenvalue weighted by Crippen LogP contribution is -2.21. The smallest absolute Gasteiger partial charge is 0.338 e. The molecule has 0 unspecified atom stereocenters. The van der Waals surface area contributed by atoms with Crippen LogP contribution in [-0.4, -0.2) is 40.3 Å². The van der Waals surface area contributed by atoms with Gasteiger partial charge in [-0.25, -0.2) is 14.3 Å². The van der Waals surface area contributed by atoms with Gasteiger partial charge in [0, 0.05) is 11.4 Å². The highest BCUT2D eigenvalue weighted by molar-refractivity contribution is 5.96. The number of amides is 1. The minimum absolute atomic E-state index is 0.216. The third kappa shape index (κ3) is 5.81. The van der Waals surface area contributed by atoms with Crippen molar-refractivity contribution in [3.05, 3.63) is 77.1 Å². The Balaban J connectivity index is 1.52. The van der Waals surface area contributed by atoms with Gasteiger partial charge in [-0.05, 0) is 82.3 Å². The molecule has 0 saturated carbocycles. The SMILES string of the molecule is Cc1cc(C)n(-c2ccc(C(=O)OCC(=O)Nc3ccc(C(=O)OC(C)C)cc3)cc2)n1. The van der Waals surface area contributed by atoms with Crippen LogP contribution in [0.1, 0.15) is 46.0 Å². The van der Waals surface area contributed by atoms with Crippen LogP contribution >= 0.6 is 0 Å². The number of carbonyl (C=O) groups excluding carboxylic acids is 3. The van der Waals surface area contributed by atoms with E-state index in [0.29, 0.717) is 16.8 Å². The van der Waals surface area contributed by atoms with Gasteiger partial charge in [-0.3, -0.25) is 4.79 Å². The summed E-state index contributed by atoms with van der Waals surface area (Å²) >= 11 is 0. The molecule has 0 aliphatic heterocycles. The molecule has 8 heteroatoms. The first-order chi connectivity index (χ1) is 15.2. The quantitative estimate of drug-likeness (QED) is 0.566. The molecule has 0 aliphatic carbocycles. The predicted octanol–water partition coefficient (Wildman–Crippen LogP) is 3.85. The molecule has 0 saturated heterocycles. The van der Waals surface area contributed by atoms with E-state index in [-0.39, 0.29) is 6.10 Å². The van der Waals surface area contributed by atoms with Crippen LogP contribution in [0, 0.1) is 13.8 Å². The normalized spacial score (nSPS) is 10.7. The monoisotopic (exact) mass is 435 g/mol. The van der Waals surface area contributed by atoms with Crippen LogP contribution in [0.25, 0.3) is 5.69 Å². The van der Waals surface area contributed by atoms with Gasteiger partial charge in [0.25, 0.3) is 5.91 Å². The van der Waals surface area contributed by atoms with Crippen LogP contribution in [0.5, 0.6) is 0 Å². The molecule has 3 rings (SSSR count). The summed E-state index contributed by atoms with van der Waals surface area (Å²) in [7, 11) is 0. The van der Waals surface area contributed by atoms with Gasteiger partial charge >= 0.3 is 11.9 Å². The Bertz CT molecular complexity index is 1120. The third-order valence-electron chi connectivity index (χ3n) is 4.44. The molecule has 8 nitrogen and oxygen atoms in total. The predicted molar refractivity (Wildman–Crippen MR) is 119 cm³/mol. The molecule has 1 aromatic heterocycles. The fourth-order valence-corrected chi connectivity index (χ4v) is 3.01. The number of ether oxygens (including phenoxy) is 2. The van der Waals surface area contributed by atoms with Crippen molar-refractivity contribution in [1.29, 1.82) is 0 Å². The van der Waals surface area contributed by atoms with E-state index in [1.54, 1.807) is 67.1 Å². The lowest BCUT2D eigenvalue weighted by molar-refractivity contribution is -0.119. The molecular formula is C24H25N3O5. The number of esters is 2. The zero-order valence-electron chi connectivity index (χ0n) is 18.4. The summed E-state index contributed by atoms with van der Waals surface area (Å²) in [6.45, 7) is 6.96. The molecule has 0 bridgehead atoms. The Morgan fingerprint density at radius 2 is 1.53 bits per heavy atom. The first kappa shape index (κ1) is 22.7. The summed E-state index contributed by atoms with van der Waals surface area (Å²) in [4.78, 5) is 36.2. The molecule has 32 heavy (non-hydrogen) atoms. The molecule has 1 amide bonds. The maximum absolute atomic E-state index is 12.3. The number of hydrogen-bond donors (Lipinski definition) is 1. The summed E-state index contributed by atoms with van der Waals surface area (Å²) in [5, 5.41) is 7.02. The summed E-state index contributed by atoms with van der Waals surface area (Å²) in [5.41, 5.74) is 3.90. The summed E-state index contributed by atoms with van der Waals surface area (Å²) in [5.74, 6) is -1.53. The van der Waals surface area contributed by atoms with Gasteiger partial charge in [-0.15, -0.1) is 0 Å². The molecule has 1 N–H and O–H groups in total. The van der Waals surface area contributed by atoms with E-state index in [1.165, 1.54) is 0 Å². The van der Waals surface area contributed by atoms with E-state index in [4.69, 9.17) is 9.47 Å². The van der Waals surface area contributed by atoms with Crippen LogP contribution in [0.3, 0.4) is 0 Å². The van der Waals surface area contributed by atoms with Gasteiger partial charge in [-0.2, -0.15) is 5.10 Å². The molecule has 0 radical (unpaired) electrons. The highest BCUT2D eigenvalue weighted by atomic mass is 16.5. The van der Waals surface area contributed by atoms with E-state index in [1.807, 2.05) is 19.9 Å². The van der Waals surface area contributed by atoms with Crippen molar-refractivity contribution in [2.24, 2.45) is 0 Å². The van der Waals surface area contributed by atoms with Crippen LogP contribution in [0.2, 0.25) is 0 Å². The van der Waals surface area contributed by atoms with E-state index in [0.717, 1.165) is 17.1 Å². The van der Waals surface area contributed by atoms with E-state index in [9.17, 15) is 14.4 Å². The van der Waals surface area contributed by atoms with Gasteiger partial charge in [0.1, 0.15) is 0 Å². The van der Waals surface area contributed by atoms with E-state index < -0.39 is 24.5 Å². The number of aromatic nitrogens is 2. The second kappa shape index (κ2) is 9.91. The zero-order valence-corrected chi connectivity index (χ0v) is 18.4. The minimum atomic E-state index is -0.605. The maximum atomic E-state index is 12.3. The molecule has 2 aromatic carbocycles. The molecule has 0 spiro atoms. The zero-order chi connectivity index (χ0) is 23.3. The van der Waals surface area contributed by atoms with Crippen molar-refractivity contribution in [3.63, 3.8) is 0 Å². The van der Waals surface area contributed by atoms with E-state index >= 15 is 0 Å². The van der Waals surface area contributed by atoms with Crippen molar-refractivity contribution in [1.82, 2.24) is 9.78 Å². The number of rotatable bonds is 7. The van der Waals surface area contributed by atoms with Gasteiger partial charge < -0.3 is 14.8 Å². The highest BCUT2D eigenvalue weighted by Crippen LogP contribution is 2.14. The molecule has 0 aliphatic rings. The minimum Gasteiger partial charge on any atom is -0.459 e. The van der Waals surface area contributed by atoms with Crippen molar-refractivity contribution in [3.8, 4) is 5.69 Å². The Labute approximate surface area is 186 Å². The average Bonchev–Trinajstić information content (AvgIpc) is 3.10. The van der Waals surface area contributed by atoms with Crippen molar-refractivity contribution >= 4 is 23.5 Å². The highest BCUT2D eigenvalue weighted by Gasteiger charge is 2.13. The first-order valence-electron chi connectivity index (χ1n) is 10.1. The van der Waals surface area contributed by atoms with Gasteiger partial charge in [0.05, 0.1) is 28.6 Å². The number of hydrogen-bond acceptors (Lipinski definition) is 6. The van der Waals surface area contributed by atoms with Gasteiger partial charge in [0.2, 0.25) is 0 Å². The molecule has 0 atom stereocenters. The second-order valence-corrected chi connectivity index (χ2v) is 7.54. The fourth-order valence-electron chi connectivity index (χ4n) is 3.01. The average molecular weight is 435 g/mol. The lowest BCUT2D eigenvalue weighted by atomic mass is 10.2. The number of anilines is 1. The molecule has 0 fully saturated rings. The van der Waals surface area contributed by atoms with Crippen LogP contribution in [0.15, 0.2) is 54.6 Å². The lowest BCUT2D eigenvalue weighted by Gasteiger charge is -2.09. The van der Waals surface area contributed by atoms with Gasteiger partial charge in [-0.1, -0.05) is 0 Å². The van der Waals surface area contributed by atoms with Crippen molar-refractivity contribution < 1.29 is 23.9 Å². The van der Waals surface area contributed by atoms with E-state index in [2.05, 4.69) is 10.4 Å². The van der Waals surface area contributed by atoms with Crippen molar-refractivity contribution in [2.45, 2.75) is 33.8 Å². The Morgan fingerprint density at radius 3 is 2.09 bits per heavy atom. The van der Waals surface area contributed by atoms with Crippen LogP contribution in [0.4, 0.5) is 5.69 Å². The topological polar surface area (TPSA) is 99.5 Å². The molecule has 166 valence electrons. The number of benzene rings is 2. The third-order valence-corrected chi connectivity index (χ3v) is 4.44. The van der Waals surface area contributed by atoms with Crippen LogP contribution < -0.4 is 5.32 Å². The standard InChI is InChI=1S/C24H25N3O5/c1-15(2)32-24(30)19-5-9-20(10-6-19)25-22(28)14-31-23(29)18-7-11-21(12-8-18)27-17(4)13-16(3)26-27/h5-13,15H,14H2,1-4H3,(H,25,28). The summed E-state index contributed by atoms with van der Waals surface area (Å²) in [6.07, 6.45) is -0.216. The number of nitrogens with zero attached hydrogens (tertiary/aromatic N) is 2. The molecule has 3 aromatic rings. The van der Waals surface area contributed by atoms with Gasteiger partial charge in [0.15, 0.2) is 6.61 Å². The molecular weight excluding hydrogens is 410 g/mol. The number of nitrogens with one attached hydrogen (secondary N) is 1. The fraction of sp³-hybridized carbons (Fsp3) is 0.250. The Hall–Kier alpha value is -3.94. The second-order valence-electron chi connectivity index (χ2n) is 7.54. The van der Waals surface area contributed by atoms with Crippen molar-refractivity contribution in [2.75, 3.05) is 11.9 Å². The number of aryl methyl sites for hydroxylation is 2. The summed E-state index contributed by atoms with van der Waals surface area (Å²) in [6, 6.07) is 15.0.